The van der Waals surface area contributed by atoms with Gasteiger partial charge in [0.05, 0.1) is 4.90 Å². The second kappa shape index (κ2) is 8.35. The Bertz CT molecular complexity index is 1360. The van der Waals surface area contributed by atoms with E-state index in [2.05, 4.69) is 5.32 Å². The van der Waals surface area contributed by atoms with Gasteiger partial charge in [-0.1, -0.05) is 48.0 Å². The van der Waals surface area contributed by atoms with Crippen LogP contribution in [0.1, 0.15) is 11.1 Å². The van der Waals surface area contributed by atoms with Crippen LogP contribution in [-0.4, -0.2) is 24.6 Å². The Morgan fingerprint density at radius 3 is 2.48 bits per heavy atom. The number of aromatic nitrogens is 1. The zero-order valence-corrected chi connectivity index (χ0v) is 17.7. The number of para-hydroxylation sites is 1. The van der Waals surface area contributed by atoms with Crippen molar-refractivity contribution in [2.75, 3.05) is 11.1 Å². The molecule has 158 valence electrons. The second-order valence-electron chi connectivity index (χ2n) is 7.44. The molecule has 5 nitrogen and oxygen atoms in total. The molecule has 0 aliphatic rings. The highest BCUT2D eigenvalue weighted by Gasteiger charge is 2.24. The van der Waals surface area contributed by atoms with E-state index >= 15 is 0 Å². The van der Waals surface area contributed by atoms with E-state index in [0.717, 1.165) is 5.56 Å². The zero-order valence-electron chi connectivity index (χ0n) is 16.9. The first-order valence-electron chi connectivity index (χ1n) is 9.73. The number of hydrogen-bond acceptors (Lipinski definition) is 3. The molecule has 0 bridgehead atoms. The molecule has 31 heavy (non-hydrogen) atoms. The van der Waals surface area contributed by atoms with Gasteiger partial charge in [-0.2, -0.15) is 0 Å². The van der Waals surface area contributed by atoms with Crippen LogP contribution in [-0.2, 0) is 21.2 Å². The molecule has 0 unspecified atom stereocenters. The standard InChI is InChI=1S/C24H21FN2O3S/c1-17-9-11-20(12-10-17)26-24(28)16-31(29,30)23-15-27(22-8-3-2-7-21(22)23)14-18-5-4-6-19(25)13-18/h2-13,15H,14,16H2,1H3,(H,26,28). The van der Waals surface area contributed by atoms with Gasteiger partial charge in [0.1, 0.15) is 11.6 Å². The van der Waals surface area contributed by atoms with Crippen LogP contribution >= 0.6 is 0 Å². The van der Waals surface area contributed by atoms with Crippen molar-refractivity contribution in [2.45, 2.75) is 18.4 Å². The molecule has 7 heteroatoms. The van der Waals surface area contributed by atoms with E-state index in [-0.39, 0.29) is 10.7 Å². The van der Waals surface area contributed by atoms with Crippen LogP contribution < -0.4 is 5.32 Å². The molecule has 4 rings (SSSR count). The maximum absolute atomic E-state index is 13.6. The van der Waals surface area contributed by atoms with Crippen LogP contribution in [0.2, 0.25) is 0 Å². The predicted molar refractivity (Wildman–Crippen MR) is 119 cm³/mol. The van der Waals surface area contributed by atoms with Crippen molar-refractivity contribution in [2.24, 2.45) is 0 Å². The summed E-state index contributed by atoms with van der Waals surface area (Å²) in [5.41, 5.74) is 2.99. The average Bonchev–Trinajstić information content (AvgIpc) is 3.09. The number of nitrogens with one attached hydrogen (secondary N) is 1. The number of carbonyl (C=O) groups is 1. The van der Waals surface area contributed by atoms with Crippen molar-refractivity contribution in [1.29, 1.82) is 0 Å². The fourth-order valence-corrected chi connectivity index (χ4v) is 4.88. The molecule has 0 radical (unpaired) electrons. The molecule has 0 spiro atoms. The number of hydrogen-bond donors (Lipinski definition) is 1. The van der Waals surface area contributed by atoms with Crippen LogP contribution in [0.4, 0.5) is 10.1 Å². The molecule has 0 fully saturated rings. The molecule has 0 aliphatic carbocycles. The van der Waals surface area contributed by atoms with E-state index in [9.17, 15) is 17.6 Å². The Kier molecular flexibility index (Phi) is 5.61. The Morgan fingerprint density at radius 2 is 1.74 bits per heavy atom. The van der Waals surface area contributed by atoms with Crippen LogP contribution in [0, 0.1) is 12.7 Å². The van der Waals surface area contributed by atoms with E-state index in [1.807, 2.05) is 25.1 Å². The maximum Gasteiger partial charge on any atom is 0.239 e. The summed E-state index contributed by atoms with van der Waals surface area (Å²) < 4.78 is 41.5. The van der Waals surface area contributed by atoms with Gasteiger partial charge in [-0.3, -0.25) is 4.79 Å². The topological polar surface area (TPSA) is 68.2 Å². The zero-order chi connectivity index (χ0) is 22.0. The van der Waals surface area contributed by atoms with Crippen LogP contribution in [0.15, 0.2) is 83.9 Å². The Morgan fingerprint density at radius 1 is 1.00 bits per heavy atom. The van der Waals surface area contributed by atoms with Crippen molar-refractivity contribution in [1.82, 2.24) is 4.57 Å². The van der Waals surface area contributed by atoms with Gasteiger partial charge in [0, 0.05) is 29.3 Å². The van der Waals surface area contributed by atoms with Gasteiger partial charge in [0.2, 0.25) is 5.91 Å². The summed E-state index contributed by atoms with van der Waals surface area (Å²) in [6, 6.07) is 20.4. The number of aryl methyl sites for hydroxylation is 1. The van der Waals surface area contributed by atoms with E-state index in [1.165, 1.54) is 18.3 Å². The number of halogens is 1. The normalized spacial score (nSPS) is 11.5. The summed E-state index contributed by atoms with van der Waals surface area (Å²) in [5, 5.41) is 3.16. The molecule has 1 heterocycles. The van der Waals surface area contributed by atoms with Crippen molar-refractivity contribution in [3.63, 3.8) is 0 Å². The Balaban J connectivity index is 1.63. The number of fused-ring (bicyclic) bond motifs is 1. The maximum atomic E-state index is 13.6. The summed E-state index contributed by atoms with van der Waals surface area (Å²) in [6.07, 6.45) is 1.52. The van der Waals surface area contributed by atoms with Crippen molar-refractivity contribution >= 4 is 32.3 Å². The first kappa shape index (κ1) is 20.8. The minimum atomic E-state index is -3.90. The first-order valence-corrected chi connectivity index (χ1v) is 11.4. The second-order valence-corrected chi connectivity index (χ2v) is 9.40. The van der Waals surface area contributed by atoms with Gasteiger partial charge in [0.25, 0.3) is 0 Å². The average molecular weight is 437 g/mol. The van der Waals surface area contributed by atoms with E-state index in [1.54, 1.807) is 47.0 Å². The van der Waals surface area contributed by atoms with E-state index in [4.69, 9.17) is 0 Å². The van der Waals surface area contributed by atoms with E-state index in [0.29, 0.717) is 28.7 Å². The van der Waals surface area contributed by atoms with Gasteiger partial charge in [-0.25, -0.2) is 12.8 Å². The fourth-order valence-electron chi connectivity index (χ4n) is 3.51. The van der Waals surface area contributed by atoms with Gasteiger partial charge < -0.3 is 9.88 Å². The fraction of sp³-hybridized carbons (Fsp3) is 0.125. The van der Waals surface area contributed by atoms with Crippen molar-refractivity contribution in [3.8, 4) is 0 Å². The molecule has 1 N–H and O–H groups in total. The monoisotopic (exact) mass is 436 g/mol. The molecule has 3 aromatic carbocycles. The summed E-state index contributed by atoms with van der Waals surface area (Å²) in [5.74, 6) is -1.63. The minimum Gasteiger partial charge on any atom is -0.342 e. The van der Waals surface area contributed by atoms with Crippen LogP contribution in [0.3, 0.4) is 0 Å². The number of rotatable bonds is 6. The van der Waals surface area contributed by atoms with Crippen LogP contribution in [0.25, 0.3) is 10.9 Å². The molecular weight excluding hydrogens is 415 g/mol. The number of benzene rings is 3. The number of carbonyl (C=O) groups excluding carboxylic acids is 1. The predicted octanol–water partition coefficient (Wildman–Crippen LogP) is 4.55. The number of nitrogens with zero attached hydrogens (tertiary/aromatic N) is 1. The van der Waals surface area contributed by atoms with Crippen LogP contribution in [0.5, 0.6) is 0 Å². The third kappa shape index (κ3) is 4.67. The highest BCUT2D eigenvalue weighted by atomic mass is 32.2. The molecule has 1 aromatic heterocycles. The lowest BCUT2D eigenvalue weighted by molar-refractivity contribution is -0.113. The lowest BCUT2D eigenvalue weighted by atomic mass is 10.2. The highest BCUT2D eigenvalue weighted by Crippen LogP contribution is 2.27. The van der Waals surface area contributed by atoms with Gasteiger partial charge in [-0.05, 0) is 42.8 Å². The Hall–Kier alpha value is -3.45. The molecule has 0 saturated heterocycles. The molecule has 1 amide bonds. The number of anilines is 1. The largest absolute Gasteiger partial charge is 0.342 e. The number of sulfone groups is 1. The SMILES string of the molecule is Cc1ccc(NC(=O)CS(=O)(=O)c2cn(Cc3cccc(F)c3)c3ccccc23)cc1. The van der Waals surface area contributed by atoms with Gasteiger partial charge in [0.15, 0.2) is 9.84 Å². The molecular formula is C24H21FN2O3S. The van der Waals surface area contributed by atoms with Gasteiger partial charge >= 0.3 is 0 Å². The molecule has 0 saturated carbocycles. The lowest BCUT2D eigenvalue weighted by Gasteiger charge is -2.06. The summed E-state index contributed by atoms with van der Waals surface area (Å²) in [4.78, 5) is 12.5. The highest BCUT2D eigenvalue weighted by molar-refractivity contribution is 7.92. The summed E-state index contributed by atoms with van der Waals surface area (Å²) >= 11 is 0. The third-order valence-corrected chi connectivity index (χ3v) is 6.62. The van der Waals surface area contributed by atoms with Crippen molar-refractivity contribution in [3.05, 3.63) is 95.9 Å². The minimum absolute atomic E-state index is 0.0820. The summed E-state index contributed by atoms with van der Waals surface area (Å²) in [6.45, 7) is 2.24. The summed E-state index contributed by atoms with van der Waals surface area (Å²) in [7, 11) is -3.90. The van der Waals surface area contributed by atoms with Crippen molar-refractivity contribution < 1.29 is 17.6 Å². The molecule has 4 aromatic rings. The van der Waals surface area contributed by atoms with E-state index < -0.39 is 21.5 Å². The lowest BCUT2D eigenvalue weighted by Crippen LogP contribution is -2.23. The Labute approximate surface area is 180 Å². The molecule has 0 atom stereocenters. The first-order chi connectivity index (χ1) is 14.8. The number of amides is 1. The molecule has 0 aliphatic heterocycles. The van der Waals surface area contributed by atoms with Gasteiger partial charge in [-0.15, -0.1) is 0 Å². The smallest absolute Gasteiger partial charge is 0.239 e. The third-order valence-electron chi connectivity index (χ3n) is 4.99. The quantitative estimate of drug-likeness (QED) is 0.482.